The van der Waals surface area contributed by atoms with Gasteiger partial charge in [-0.1, -0.05) is 37.9 Å². The van der Waals surface area contributed by atoms with E-state index in [0.29, 0.717) is 15.0 Å². The quantitative estimate of drug-likeness (QED) is 0.168. The molecule has 1 N–H and O–H groups in total. The van der Waals surface area contributed by atoms with Gasteiger partial charge in [-0.15, -0.1) is 0 Å². The molecule has 0 spiro atoms. The molecule has 3 aromatic carbocycles. The summed E-state index contributed by atoms with van der Waals surface area (Å²) in [7, 11) is 1.21. The molecule has 0 heterocycles. The van der Waals surface area contributed by atoms with Gasteiger partial charge in [-0.05, 0) is 71.8 Å². The number of hydrogen-bond donors (Lipinski definition) is 1. The highest BCUT2D eigenvalue weighted by atomic mass is 79.9. The largest absolute Gasteiger partial charge is 0.478 e. The maximum absolute atomic E-state index is 13.0. The topological polar surface area (TPSA) is 80.7 Å². The Morgan fingerprint density at radius 3 is 1.67 bits per heavy atom. The number of allylic oxidation sites excluding steroid dienone is 1. The van der Waals surface area contributed by atoms with E-state index in [1.807, 2.05) is 0 Å². The van der Waals surface area contributed by atoms with Crippen molar-refractivity contribution in [3.05, 3.63) is 109 Å². The van der Waals surface area contributed by atoms with Crippen LogP contribution in [0.25, 0.3) is 6.08 Å². The van der Waals surface area contributed by atoms with Crippen LogP contribution in [0.4, 0.5) is 26.3 Å². The number of hydrogen-bond acceptors (Lipinski definition) is 4. The Kier molecular flexibility index (Phi) is 13.4. The van der Waals surface area contributed by atoms with Gasteiger partial charge in [-0.3, -0.25) is 4.79 Å². The average Bonchev–Trinajstić information content (AvgIpc) is 2.82. The van der Waals surface area contributed by atoms with Gasteiger partial charge < -0.3 is 9.84 Å². The number of halogens is 9. The summed E-state index contributed by atoms with van der Waals surface area (Å²) in [6, 6.07) is 11.0. The fourth-order valence-corrected chi connectivity index (χ4v) is 3.23. The predicted octanol–water partition coefficient (Wildman–Crippen LogP) is 8.44. The van der Waals surface area contributed by atoms with Crippen LogP contribution >= 0.6 is 43.5 Å². The van der Waals surface area contributed by atoms with Crippen molar-refractivity contribution in [3.8, 4) is 0 Å². The first-order valence-corrected chi connectivity index (χ1v) is 12.0. The van der Waals surface area contributed by atoms with Crippen LogP contribution in [0.3, 0.4) is 0 Å². The summed E-state index contributed by atoms with van der Waals surface area (Å²) in [5, 5.41) is 7.70. The molecule has 3 aromatic rings. The third kappa shape index (κ3) is 12.1. The van der Waals surface area contributed by atoms with Crippen molar-refractivity contribution >= 4 is 66.7 Å². The molecule has 0 aromatic heterocycles. The SMILES string of the molecule is COC(=O)c1ccc(Br)cc1F.O=C(Cl)c1ccc(Br)cc1F.O=C(O)c1ccc(/C=C/C(F)(F)F)cc1F. The summed E-state index contributed by atoms with van der Waals surface area (Å²) >= 11 is 11.2. The first kappa shape index (κ1) is 33.9. The summed E-state index contributed by atoms with van der Waals surface area (Å²) in [5.41, 5.74) is -0.792. The van der Waals surface area contributed by atoms with Crippen molar-refractivity contribution in [1.82, 2.24) is 0 Å². The third-order valence-corrected chi connectivity index (χ3v) is 5.36. The smallest absolute Gasteiger partial charge is 0.409 e. The van der Waals surface area contributed by atoms with Crippen molar-refractivity contribution in [2.45, 2.75) is 6.18 Å². The highest BCUT2D eigenvalue weighted by Crippen LogP contribution is 2.20. The highest BCUT2D eigenvalue weighted by molar-refractivity contribution is 9.10. The zero-order valence-electron chi connectivity index (χ0n) is 19.3. The number of benzene rings is 3. The molecule has 14 heteroatoms. The number of esters is 1. The molecule has 0 saturated heterocycles. The molecule has 0 radical (unpaired) electrons. The Labute approximate surface area is 239 Å². The number of carbonyl (C=O) groups is 3. The summed E-state index contributed by atoms with van der Waals surface area (Å²) < 4.78 is 79.6. The van der Waals surface area contributed by atoms with E-state index in [-0.39, 0.29) is 22.8 Å². The van der Waals surface area contributed by atoms with Gasteiger partial charge in [0.2, 0.25) is 0 Å². The Bertz CT molecular complexity index is 1380. The molecule has 0 aliphatic heterocycles. The van der Waals surface area contributed by atoms with Crippen molar-refractivity contribution < 1.29 is 50.6 Å². The van der Waals surface area contributed by atoms with Crippen LogP contribution in [-0.2, 0) is 4.74 Å². The van der Waals surface area contributed by atoms with Gasteiger partial charge in [0, 0.05) is 15.0 Å². The van der Waals surface area contributed by atoms with Crippen LogP contribution in [-0.4, -0.2) is 35.6 Å². The number of carboxylic acids is 1. The van der Waals surface area contributed by atoms with Crippen molar-refractivity contribution in [2.75, 3.05) is 7.11 Å². The van der Waals surface area contributed by atoms with Crippen LogP contribution in [0.1, 0.15) is 36.6 Å². The maximum atomic E-state index is 13.0. The van der Waals surface area contributed by atoms with E-state index in [0.717, 1.165) is 18.2 Å². The Balaban J connectivity index is 0.000000299. The van der Waals surface area contributed by atoms with E-state index in [1.54, 1.807) is 12.1 Å². The molecule has 5 nitrogen and oxygen atoms in total. The number of aromatic carboxylic acids is 1. The minimum atomic E-state index is -4.48. The van der Waals surface area contributed by atoms with E-state index in [1.165, 1.54) is 31.4 Å². The zero-order chi connectivity index (χ0) is 29.9. The second-order valence-electron chi connectivity index (χ2n) is 6.93. The fraction of sp³-hybridized carbons (Fsp3) is 0.0800. The maximum Gasteiger partial charge on any atom is 0.409 e. The molecule has 0 aliphatic carbocycles. The molecule has 0 atom stereocenters. The normalized spacial score (nSPS) is 10.6. The lowest BCUT2D eigenvalue weighted by Gasteiger charge is -2.00. The van der Waals surface area contributed by atoms with Crippen LogP contribution in [0.5, 0.6) is 0 Å². The van der Waals surface area contributed by atoms with Crippen LogP contribution < -0.4 is 0 Å². The van der Waals surface area contributed by atoms with Gasteiger partial charge in [-0.25, -0.2) is 22.8 Å². The van der Waals surface area contributed by atoms with E-state index < -0.39 is 46.4 Å². The average molecular weight is 705 g/mol. The Morgan fingerprint density at radius 1 is 0.821 bits per heavy atom. The van der Waals surface area contributed by atoms with E-state index in [2.05, 4.69) is 36.6 Å². The molecule has 0 aliphatic rings. The molecule has 0 bridgehead atoms. The van der Waals surface area contributed by atoms with Gasteiger partial charge in [0.15, 0.2) is 0 Å². The first-order chi connectivity index (χ1) is 18.0. The number of alkyl halides is 3. The van der Waals surface area contributed by atoms with Gasteiger partial charge in [0.25, 0.3) is 5.24 Å². The van der Waals surface area contributed by atoms with Crippen molar-refractivity contribution in [1.29, 1.82) is 0 Å². The number of ether oxygens (including phenoxy) is 1. The number of methoxy groups -OCH3 is 1. The predicted molar refractivity (Wildman–Crippen MR) is 138 cm³/mol. The van der Waals surface area contributed by atoms with Gasteiger partial charge >= 0.3 is 18.1 Å². The van der Waals surface area contributed by atoms with E-state index >= 15 is 0 Å². The highest BCUT2D eigenvalue weighted by Gasteiger charge is 2.22. The zero-order valence-corrected chi connectivity index (χ0v) is 23.3. The lowest BCUT2D eigenvalue weighted by atomic mass is 10.1. The minimum absolute atomic E-state index is 0.0534. The summed E-state index contributed by atoms with van der Waals surface area (Å²) in [6.45, 7) is 0. The molecule has 0 unspecified atom stereocenters. The molecule has 208 valence electrons. The minimum Gasteiger partial charge on any atom is -0.478 e. The van der Waals surface area contributed by atoms with E-state index in [9.17, 15) is 40.7 Å². The van der Waals surface area contributed by atoms with Crippen molar-refractivity contribution in [3.63, 3.8) is 0 Å². The fourth-order valence-electron chi connectivity index (χ4n) is 2.41. The standard InChI is InChI=1S/C10H6F4O2.C8H6BrFO2.C7H3BrClFO/c11-8-5-6(3-4-10(12,13)14)1-2-7(8)9(15)16;1-12-8(11)6-3-2-5(9)4-7(6)10;8-4-1-2-5(7(9)11)6(10)3-4/h1-5H,(H,15,16);2-4H,1H3;1-3H/b4-3+;;. The molecule has 3 rings (SSSR count). The van der Waals surface area contributed by atoms with Crippen LogP contribution in [0, 0.1) is 17.5 Å². The molecule has 39 heavy (non-hydrogen) atoms. The summed E-state index contributed by atoms with van der Waals surface area (Å²) in [6.07, 6.45) is -3.88. The summed E-state index contributed by atoms with van der Waals surface area (Å²) in [4.78, 5) is 31.8. The van der Waals surface area contributed by atoms with Crippen LogP contribution in [0.15, 0.2) is 69.6 Å². The van der Waals surface area contributed by atoms with Crippen LogP contribution in [0.2, 0.25) is 0 Å². The molecule has 0 fully saturated rings. The first-order valence-electron chi connectivity index (χ1n) is 10.0. The monoisotopic (exact) mass is 702 g/mol. The third-order valence-electron chi connectivity index (χ3n) is 4.17. The second-order valence-corrected chi connectivity index (χ2v) is 9.11. The number of carboxylic acid groups (broad SMARTS) is 1. The Morgan fingerprint density at radius 2 is 1.28 bits per heavy atom. The van der Waals surface area contributed by atoms with Gasteiger partial charge in [0.1, 0.15) is 17.5 Å². The molecule has 0 amide bonds. The molecular weight excluding hydrogens is 690 g/mol. The second kappa shape index (κ2) is 15.4. The molecule has 0 saturated carbocycles. The lowest BCUT2D eigenvalue weighted by Crippen LogP contribution is -2.03. The van der Waals surface area contributed by atoms with Gasteiger partial charge in [-0.2, -0.15) is 13.2 Å². The summed E-state index contributed by atoms with van der Waals surface area (Å²) in [5.74, 6) is -4.41. The molecular formula is C25H15Br2ClF6O5. The van der Waals surface area contributed by atoms with Gasteiger partial charge in [0.05, 0.1) is 23.8 Å². The number of rotatable bonds is 4. The lowest BCUT2D eigenvalue weighted by molar-refractivity contribution is -0.0790. The van der Waals surface area contributed by atoms with Crippen molar-refractivity contribution in [2.24, 2.45) is 0 Å². The van der Waals surface area contributed by atoms with E-state index in [4.69, 9.17) is 16.7 Å². The Hall–Kier alpha value is -3.16. The number of carbonyl (C=O) groups excluding carboxylic acids is 2.